The Morgan fingerprint density at radius 1 is 1.22 bits per heavy atom. The zero-order chi connectivity index (χ0) is 22.5. The number of anilines is 1. The molecule has 32 heavy (non-hydrogen) atoms. The second-order valence-corrected chi connectivity index (χ2v) is 10.4. The molecule has 0 spiro atoms. The normalized spacial score (nSPS) is 22.0. The molecule has 2 aliphatic heterocycles. The van der Waals surface area contributed by atoms with E-state index in [1.54, 1.807) is 6.07 Å². The van der Waals surface area contributed by atoms with E-state index in [0.717, 1.165) is 44.0 Å². The number of ether oxygens (including phenoxy) is 1. The van der Waals surface area contributed by atoms with Gasteiger partial charge in [-0.2, -0.15) is 0 Å². The summed E-state index contributed by atoms with van der Waals surface area (Å²) >= 11 is 0. The predicted molar refractivity (Wildman–Crippen MR) is 116 cm³/mol. The average Bonchev–Trinajstić information content (AvgIpc) is 3.36. The number of sulfonamides is 1. The first-order chi connectivity index (χ1) is 15.3. The summed E-state index contributed by atoms with van der Waals surface area (Å²) in [4.78, 5) is 14.2. The van der Waals surface area contributed by atoms with Crippen molar-refractivity contribution in [1.29, 1.82) is 0 Å². The Kier molecular flexibility index (Phi) is 5.33. The van der Waals surface area contributed by atoms with Gasteiger partial charge in [-0.25, -0.2) is 17.6 Å². The summed E-state index contributed by atoms with van der Waals surface area (Å²) in [7, 11) is -4.15. The van der Waals surface area contributed by atoms with Gasteiger partial charge in [0, 0.05) is 12.5 Å². The van der Waals surface area contributed by atoms with E-state index in [1.165, 1.54) is 18.2 Å². The number of halogens is 1. The second-order valence-electron chi connectivity index (χ2n) is 8.78. The van der Waals surface area contributed by atoms with Crippen LogP contribution in [0, 0.1) is 11.7 Å². The topological polar surface area (TPSA) is 95.9 Å². The van der Waals surface area contributed by atoms with Crippen molar-refractivity contribution in [3.05, 3.63) is 52.8 Å². The van der Waals surface area contributed by atoms with Gasteiger partial charge >= 0.3 is 5.97 Å². The lowest BCUT2D eigenvalue weighted by Gasteiger charge is -2.21. The minimum Gasteiger partial charge on any atom is -0.492 e. The van der Waals surface area contributed by atoms with Gasteiger partial charge < -0.3 is 14.7 Å². The van der Waals surface area contributed by atoms with Crippen LogP contribution in [0.1, 0.15) is 46.7 Å². The molecule has 0 unspecified atom stereocenters. The van der Waals surface area contributed by atoms with Crippen LogP contribution < -0.4 is 9.46 Å². The lowest BCUT2D eigenvalue weighted by molar-refractivity contribution is 0.0692. The molecule has 1 aliphatic carbocycles. The molecule has 1 saturated carbocycles. The molecule has 0 radical (unpaired) electrons. The summed E-state index contributed by atoms with van der Waals surface area (Å²) in [5, 5.41) is 9.82. The van der Waals surface area contributed by atoms with Crippen molar-refractivity contribution < 1.29 is 27.4 Å². The summed E-state index contributed by atoms with van der Waals surface area (Å²) in [6, 6.07) is 6.81. The van der Waals surface area contributed by atoms with Gasteiger partial charge in [-0.1, -0.05) is 6.07 Å². The van der Waals surface area contributed by atoms with Gasteiger partial charge in [0.2, 0.25) is 0 Å². The van der Waals surface area contributed by atoms with Crippen LogP contribution in [-0.2, 0) is 16.4 Å². The van der Waals surface area contributed by atoms with E-state index in [1.807, 2.05) is 0 Å². The molecule has 1 saturated heterocycles. The fraction of sp³-hybridized carbons (Fsp3) is 0.435. The van der Waals surface area contributed by atoms with Gasteiger partial charge in [-0.15, -0.1) is 0 Å². The van der Waals surface area contributed by atoms with Crippen molar-refractivity contribution in [1.82, 2.24) is 4.90 Å². The van der Waals surface area contributed by atoms with E-state index in [2.05, 4.69) is 9.62 Å². The number of hydrogen-bond donors (Lipinski definition) is 2. The second kappa shape index (κ2) is 8.04. The molecule has 3 aliphatic rings. The lowest BCUT2D eigenvalue weighted by atomic mass is 10.0. The van der Waals surface area contributed by atoms with Crippen molar-refractivity contribution in [2.24, 2.45) is 5.92 Å². The fourth-order valence-electron chi connectivity index (χ4n) is 4.84. The van der Waals surface area contributed by atoms with Crippen molar-refractivity contribution in [2.45, 2.75) is 36.5 Å². The zero-order valence-corrected chi connectivity index (χ0v) is 18.3. The number of nitrogens with zero attached hydrogens (tertiary/aromatic N) is 1. The molecule has 0 bridgehead atoms. The molecule has 2 N–H and O–H groups in total. The number of hydrogen-bond acceptors (Lipinski definition) is 5. The minimum absolute atomic E-state index is 0.0460. The number of aromatic carboxylic acids is 1. The Morgan fingerprint density at radius 2 is 2.00 bits per heavy atom. The summed E-state index contributed by atoms with van der Waals surface area (Å²) in [6.45, 7) is 2.98. The molecule has 2 atom stereocenters. The van der Waals surface area contributed by atoms with Crippen LogP contribution in [0.3, 0.4) is 0 Å². The van der Waals surface area contributed by atoms with Crippen LogP contribution in [0.15, 0.2) is 35.2 Å². The molecular formula is C23H25FN2O5S. The predicted octanol–water partition coefficient (Wildman–Crippen LogP) is 3.46. The molecular weight excluding hydrogens is 435 g/mol. The number of rotatable bonds is 7. The quantitative estimate of drug-likeness (QED) is 0.657. The maximum Gasteiger partial charge on any atom is 0.341 e. The first-order valence-electron chi connectivity index (χ1n) is 10.9. The van der Waals surface area contributed by atoms with E-state index < -0.39 is 21.8 Å². The Labute approximate surface area is 186 Å². The third-order valence-electron chi connectivity index (χ3n) is 6.62. The lowest BCUT2D eigenvalue weighted by Crippen LogP contribution is -2.24. The number of carboxylic acids is 1. The third-order valence-corrected chi connectivity index (χ3v) is 8.08. The highest BCUT2D eigenvalue weighted by Crippen LogP contribution is 2.55. The molecule has 2 fully saturated rings. The summed E-state index contributed by atoms with van der Waals surface area (Å²) < 4.78 is 48.6. The number of likely N-dealkylation sites (tertiary alicyclic amines) is 1. The van der Waals surface area contributed by atoms with Gasteiger partial charge in [0.05, 0.1) is 17.2 Å². The number of nitrogens with one attached hydrogen (secondary N) is 1. The minimum atomic E-state index is -4.15. The maximum absolute atomic E-state index is 13.9. The smallest absolute Gasteiger partial charge is 0.341 e. The highest BCUT2D eigenvalue weighted by atomic mass is 32.2. The van der Waals surface area contributed by atoms with Crippen molar-refractivity contribution >= 4 is 21.7 Å². The van der Waals surface area contributed by atoms with Crippen molar-refractivity contribution in [3.8, 4) is 5.75 Å². The molecule has 7 nitrogen and oxygen atoms in total. The van der Waals surface area contributed by atoms with Crippen LogP contribution in [-0.4, -0.2) is 50.6 Å². The maximum atomic E-state index is 13.9. The van der Waals surface area contributed by atoms with Crippen LogP contribution in [0.4, 0.5) is 10.1 Å². The van der Waals surface area contributed by atoms with Gasteiger partial charge in [0.25, 0.3) is 10.0 Å². The summed E-state index contributed by atoms with van der Waals surface area (Å²) in [5.74, 6) is -0.842. The first-order valence-corrected chi connectivity index (χ1v) is 12.4. The molecule has 170 valence electrons. The Bertz CT molecular complexity index is 1180. The third kappa shape index (κ3) is 3.95. The van der Waals surface area contributed by atoms with E-state index in [-0.39, 0.29) is 27.8 Å². The van der Waals surface area contributed by atoms with Crippen LogP contribution >= 0.6 is 0 Å². The molecule has 0 aromatic heterocycles. The molecule has 2 heterocycles. The Balaban J connectivity index is 1.46. The van der Waals surface area contributed by atoms with Crippen LogP contribution in [0.25, 0.3) is 0 Å². The monoisotopic (exact) mass is 460 g/mol. The number of carbonyl (C=O) groups is 1. The first kappa shape index (κ1) is 21.2. The Hall–Kier alpha value is -2.65. The molecule has 9 heteroatoms. The SMILES string of the molecule is O=C(O)c1c(NS(=O)(=O)c2ccc(F)cc2CCN2CCCC2)ccc2c1OC[C@@H]1C[C@H]21. The van der Waals surface area contributed by atoms with Crippen LogP contribution in [0.5, 0.6) is 5.75 Å². The van der Waals surface area contributed by atoms with Crippen molar-refractivity contribution in [2.75, 3.05) is 31.0 Å². The Morgan fingerprint density at radius 3 is 2.75 bits per heavy atom. The highest BCUT2D eigenvalue weighted by molar-refractivity contribution is 7.92. The number of carboxylic acid groups (broad SMARTS) is 1. The van der Waals surface area contributed by atoms with Gasteiger partial charge in [0.15, 0.2) is 0 Å². The molecule has 2 aromatic carbocycles. The number of benzene rings is 2. The summed E-state index contributed by atoms with van der Waals surface area (Å²) in [6.07, 6.45) is 3.55. The number of fused-ring (bicyclic) bond motifs is 3. The van der Waals surface area contributed by atoms with E-state index in [4.69, 9.17) is 4.74 Å². The van der Waals surface area contributed by atoms with E-state index in [9.17, 15) is 22.7 Å². The van der Waals surface area contributed by atoms with Gasteiger partial charge in [0.1, 0.15) is 17.1 Å². The highest BCUT2D eigenvalue weighted by Gasteiger charge is 2.45. The molecule has 5 rings (SSSR count). The average molecular weight is 461 g/mol. The van der Waals surface area contributed by atoms with E-state index in [0.29, 0.717) is 31.1 Å². The van der Waals surface area contributed by atoms with Gasteiger partial charge in [-0.3, -0.25) is 4.72 Å². The standard InChI is InChI=1S/C23H25FN2O5S/c24-16-3-6-20(14(11-16)7-10-26-8-1-2-9-26)32(29,30)25-19-5-4-17-18-12-15(18)13-31-22(17)21(19)23(27)28/h3-6,11,15,18,25H,1-2,7-10,12-13H2,(H,27,28)/t15-,18-/m0/s1. The molecule has 2 aromatic rings. The van der Waals surface area contributed by atoms with Crippen molar-refractivity contribution in [3.63, 3.8) is 0 Å². The molecule has 0 amide bonds. The van der Waals surface area contributed by atoms with E-state index >= 15 is 0 Å². The van der Waals surface area contributed by atoms with Crippen LogP contribution in [0.2, 0.25) is 0 Å². The fourth-order valence-corrected chi connectivity index (χ4v) is 6.16. The summed E-state index contributed by atoms with van der Waals surface area (Å²) in [5.41, 5.74) is 0.952. The largest absolute Gasteiger partial charge is 0.492 e. The zero-order valence-electron chi connectivity index (χ0n) is 17.5. The van der Waals surface area contributed by atoms with Gasteiger partial charge in [-0.05, 0) is 80.1 Å².